The maximum atomic E-state index is 12.8. The Kier molecular flexibility index (Phi) is 6.02. The molecule has 31 heavy (non-hydrogen) atoms. The van der Waals surface area contributed by atoms with Crippen LogP contribution in [0.15, 0.2) is 29.1 Å². The summed E-state index contributed by atoms with van der Waals surface area (Å²) < 4.78 is 0. The van der Waals surface area contributed by atoms with Crippen molar-refractivity contribution in [2.45, 2.75) is 66.3 Å². The van der Waals surface area contributed by atoms with Gasteiger partial charge in [-0.2, -0.15) is 0 Å². The number of amides is 1. The number of aryl methyl sites for hydroxylation is 3. The first-order chi connectivity index (χ1) is 14.7. The van der Waals surface area contributed by atoms with Crippen LogP contribution in [0.2, 0.25) is 0 Å². The molecule has 0 saturated heterocycles. The minimum absolute atomic E-state index is 0.0391. The van der Waals surface area contributed by atoms with E-state index in [0.717, 1.165) is 35.0 Å². The summed E-state index contributed by atoms with van der Waals surface area (Å²) >= 11 is 1.66. The number of carbonyl (C=O) groups excluding carboxylic acids is 1. The van der Waals surface area contributed by atoms with Crippen LogP contribution in [0.25, 0.3) is 10.2 Å². The molecule has 0 aliphatic heterocycles. The van der Waals surface area contributed by atoms with Gasteiger partial charge >= 0.3 is 0 Å². The Bertz CT molecular complexity index is 1170. The largest absolute Gasteiger partial charge is 0.352 e. The zero-order valence-electron chi connectivity index (χ0n) is 18.8. The van der Waals surface area contributed by atoms with E-state index >= 15 is 0 Å². The Morgan fingerprint density at radius 1 is 1.32 bits per heavy atom. The molecule has 2 N–H and O–H groups in total. The normalized spacial score (nSPS) is 16.3. The van der Waals surface area contributed by atoms with Crippen molar-refractivity contribution in [1.82, 2.24) is 15.3 Å². The van der Waals surface area contributed by atoms with Gasteiger partial charge in [0.25, 0.3) is 5.56 Å². The molecule has 3 aromatic rings. The SMILES string of the molecule is Cc1cccc(CNC(=O)CCc2nc3sc4c(c3c(=O)[nH]2)CC[C@H](C(C)(C)C)C4)c1. The minimum Gasteiger partial charge on any atom is -0.352 e. The maximum absolute atomic E-state index is 12.8. The maximum Gasteiger partial charge on any atom is 0.259 e. The minimum atomic E-state index is -0.0631. The molecule has 1 aliphatic carbocycles. The molecule has 0 bridgehead atoms. The molecule has 1 aromatic carbocycles. The van der Waals surface area contributed by atoms with Gasteiger partial charge in [0.1, 0.15) is 10.7 Å². The standard InChI is InChI=1S/C25H31N3O2S/c1-15-6-5-7-16(12-15)14-26-21(29)11-10-20-27-23(30)22-18-9-8-17(25(2,3)4)13-19(18)31-24(22)28-20/h5-7,12,17H,8-11,13-14H2,1-4H3,(H,26,29)(H,27,28,30)/t17-/m0/s1. The number of aromatic amines is 1. The van der Waals surface area contributed by atoms with Crippen molar-refractivity contribution in [3.8, 4) is 0 Å². The lowest BCUT2D eigenvalue weighted by atomic mass is 9.72. The first kappa shape index (κ1) is 21.8. The lowest BCUT2D eigenvalue weighted by Gasteiger charge is -2.33. The second kappa shape index (κ2) is 8.58. The molecule has 1 amide bonds. The van der Waals surface area contributed by atoms with Crippen LogP contribution < -0.4 is 10.9 Å². The van der Waals surface area contributed by atoms with Crippen LogP contribution >= 0.6 is 11.3 Å². The topological polar surface area (TPSA) is 74.8 Å². The van der Waals surface area contributed by atoms with Crippen molar-refractivity contribution in [2.24, 2.45) is 11.3 Å². The van der Waals surface area contributed by atoms with E-state index in [1.807, 2.05) is 25.1 Å². The predicted molar refractivity (Wildman–Crippen MR) is 127 cm³/mol. The molecular formula is C25H31N3O2S. The second-order valence-corrected chi connectivity index (χ2v) is 10.9. The predicted octanol–water partition coefficient (Wildman–Crippen LogP) is 4.69. The van der Waals surface area contributed by atoms with Crippen LogP contribution in [0.5, 0.6) is 0 Å². The zero-order valence-corrected chi connectivity index (χ0v) is 19.6. The third-order valence-corrected chi connectivity index (χ3v) is 7.50. The number of H-pyrrole nitrogens is 1. The van der Waals surface area contributed by atoms with Gasteiger partial charge in [0.15, 0.2) is 0 Å². The third kappa shape index (κ3) is 4.90. The monoisotopic (exact) mass is 437 g/mol. The van der Waals surface area contributed by atoms with Crippen molar-refractivity contribution < 1.29 is 4.79 Å². The van der Waals surface area contributed by atoms with E-state index in [1.165, 1.54) is 16.0 Å². The summed E-state index contributed by atoms with van der Waals surface area (Å²) in [5, 5.41) is 3.71. The summed E-state index contributed by atoms with van der Waals surface area (Å²) in [6.45, 7) is 9.43. The van der Waals surface area contributed by atoms with Gasteiger partial charge in [-0.1, -0.05) is 50.6 Å². The average Bonchev–Trinajstić information content (AvgIpc) is 3.08. The zero-order chi connectivity index (χ0) is 22.2. The quantitative estimate of drug-likeness (QED) is 0.608. The fourth-order valence-electron chi connectivity index (χ4n) is 4.43. The summed E-state index contributed by atoms with van der Waals surface area (Å²) in [6.07, 6.45) is 3.82. The number of hydrogen-bond acceptors (Lipinski definition) is 4. The van der Waals surface area contributed by atoms with E-state index in [1.54, 1.807) is 11.3 Å². The molecule has 6 heteroatoms. The fourth-order valence-corrected chi connectivity index (χ4v) is 5.75. The summed E-state index contributed by atoms with van der Waals surface area (Å²) in [7, 11) is 0. The van der Waals surface area contributed by atoms with Crippen LogP contribution in [0.4, 0.5) is 0 Å². The number of hydrogen-bond donors (Lipinski definition) is 2. The van der Waals surface area contributed by atoms with Gasteiger partial charge in [-0.15, -0.1) is 11.3 Å². The lowest BCUT2D eigenvalue weighted by Crippen LogP contribution is -2.26. The van der Waals surface area contributed by atoms with Crippen LogP contribution in [-0.4, -0.2) is 15.9 Å². The van der Waals surface area contributed by atoms with Crippen molar-refractivity contribution >= 4 is 27.5 Å². The van der Waals surface area contributed by atoms with Gasteiger partial charge < -0.3 is 10.3 Å². The van der Waals surface area contributed by atoms with E-state index in [9.17, 15) is 9.59 Å². The second-order valence-electron chi connectivity index (χ2n) is 9.77. The molecular weight excluding hydrogens is 406 g/mol. The molecule has 1 aliphatic rings. The van der Waals surface area contributed by atoms with Gasteiger partial charge in [-0.05, 0) is 48.6 Å². The van der Waals surface area contributed by atoms with E-state index < -0.39 is 0 Å². The fraction of sp³-hybridized carbons (Fsp3) is 0.480. The Balaban J connectivity index is 1.43. The number of benzene rings is 1. The highest BCUT2D eigenvalue weighted by molar-refractivity contribution is 7.18. The number of rotatable bonds is 5. The Morgan fingerprint density at radius 3 is 2.87 bits per heavy atom. The molecule has 0 saturated carbocycles. The van der Waals surface area contributed by atoms with Gasteiger partial charge in [0.2, 0.25) is 5.91 Å². The summed E-state index contributed by atoms with van der Waals surface area (Å²) in [5.74, 6) is 1.18. The summed E-state index contributed by atoms with van der Waals surface area (Å²) in [6, 6.07) is 8.10. The molecule has 5 nitrogen and oxygen atoms in total. The Labute approximate surface area is 187 Å². The summed E-state index contributed by atoms with van der Waals surface area (Å²) in [5.41, 5.74) is 3.65. The number of carbonyl (C=O) groups is 1. The molecule has 0 fully saturated rings. The van der Waals surface area contributed by atoms with E-state index in [-0.39, 0.29) is 16.9 Å². The number of aromatic nitrogens is 2. The Morgan fingerprint density at radius 2 is 2.13 bits per heavy atom. The average molecular weight is 438 g/mol. The van der Waals surface area contributed by atoms with Crippen LogP contribution in [0.3, 0.4) is 0 Å². The molecule has 2 aromatic heterocycles. The van der Waals surface area contributed by atoms with Crippen molar-refractivity contribution in [2.75, 3.05) is 0 Å². The third-order valence-electron chi connectivity index (χ3n) is 6.35. The smallest absolute Gasteiger partial charge is 0.259 e. The van der Waals surface area contributed by atoms with E-state index in [0.29, 0.717) is 31.1 Å². The van der Waals surface area contributed by atoms with Gasteiger partial charge in [0, 0.05) is 24.3 Å². The van der Waals surface area contributed by atoms with E-state index in [2.05, 4.69) is 37.1 Å². The first-order valence-corrected chi connectivity index (χ1v) is 11.9. The molecule has 0 unspecified atom stereocenters. The van der Waals surface area contributed by atoms with Crippen molar-refractivity contribution in [3.63, 3.8) is 0 Å². The van der Waals surface area contributed by atoms with Gasteiger partial charge in [0.05, 0.1) is 5.39 Å². The molecule has 1 atom stereocenters. The van der Waals surface area contributed by atoms with Crippen LogP contribution in [-0.2, 0) is 30.6 Å². The summed E-state index contributed by atoms with van der Waals surface area (Å²) in [4.78, 5) is 34.9. The Hall–Kier alpha value is -2.47. The number of fused-ring (bicyclic) bond motifs is 3. The van der Waals surface area contributed by atoms with Crippen molar-refractivity contribution in [1.29, 1.82) is 0 Å². The highest BCUT2D eigenvalue weighted by Gasteiger charge is 2.31. The molecule has 4 rings (SSSR count). The lowest BCUT2D eigenvalue weighted by molar-refractivity contribution is -0.121. The first-order valence-electron chi connectivity index (χ1n) is 11.1. The number of nitrogens with one attached hydrogen (secondary N) is 2. The molecule has 164 valence electrons. The highest BCUT2D eigenvalue weighted by Crippen LogP contribution is 2.41. The number of thiophene rings is 1. The number of nitrogens with zero attached hydrogens (tertiary/aromatic N) is 1. The highest BCUT2D eigenvalue weighted by atomic mass is 32.1. The van der Waals surface area contributed by atoms with Gasteiger partial charge in [-0.25, -0.2) is 4.98 Å². The van der Waals surface area contributed by atoms with Crippen LogP contribution in [0, 0.1) is 18.3 Å². The molecule has 2 heterocycles. The van der Waals surface area contributed by atoms with Crippen molar-refractivity contribution in [3.05, 3.63) is 62.0 Å². The molecule has 0 spiro atoms. The van der Waals surface area contributed by atoms with Crippen LogP contribution in [0.1, 0.15) is 61.0 Å². The van der Waals surface area contributed by atoms with E-state index in [4.69, 9.17) is 4.98 Å². The van der Waals surface area contributed by atoms with Gasteiger partial charge in [-0.3, -0.25) is 9.59 Å². The molecule has 0 radical (unpaired) electrons.